The van der Waals surface area contributed by atoms with Gasteiger partial charge in [0.2, 0.25) is 5.91 Å². The molecule has 2 aromatic rings. The van der Waals surface area contributed by atoms with Gasteiger partial charge in [-0.25, -0.2) is 9.97 Å². The first-order valence-electron chi connectivity index (χ1n) is 6.66. The van der Waals surface area contributed by atoms with Crippen molar-refractivity contribution >= 4 is 28.3 Å². The molecular weight excluding hydrogens is 254 g/mol. The van der Waals surface area contributed by atoms with Crippen molar-refractivity contribution in [1.29, 1.82) is 0 Å². The average Bonchev–Trinajstić information content (AvgIpc) is 2.45. The fourth-order valence-corrected chi connectivity index (χ4v) is 1.86. The minimum Gasteiger partial charge on any atom is -0.399 e. The number of hydrogen-bond donors (Lipinski definition) is 3. The first-order chi connectivity index (χ1) is 9.61. The molecule has 0 radical (unpaired) electrons. The summed E-state index contributed by atoms with van der Waals surface area (Å²) in [6.45, 7) is 4.48. The summed E-state index contributed by atoms with van der Waals surface area (Å²) in [5.41, 5.74) is 7.21. The van der Waals surface area contributed by atoms with Gasteiger partial charge in [0.1, 0.15) is 18.2 Å². The highest BCUT2D eigenvalue weighted by atomic mass is 16.2. The first-order valence-corrected chi connectivity index (χ1v) is 6.66. The summed E-state index contributed by atoms with van der Waals surface area (Å²) in [5, 5.41) is 6.75. The summed E-state index contributed by atoms with van der Waals surface area (Å²) in [4.78, 5) is 20.2. The maximum Gasteiger partial charge on any atom is 0.242 e. The van der Waals surface area contributed by atoms with Crippen molar-refractivity contribution in [3.63, 3.8) is 0 Å². The van der Waals surface area contributed by atoms with Crippen molar-refractivity contribution in [2.45, 2.75) is 26.3 Å². The van der Waals surface area contributed by atoms with Crippen LogP contribution in [0.1, 0.15) is 20.3 Å². The van der Waals surface area contributed by atoms with Crippen LogP contribution in [0.3, 0.4) is 0 Å². The summed E-state index contributed by atoms with van der Waals surface area (Å²) in [7, 11) is 0. The van der Waals surface area contributed by atoms with E-state index in [1.165, 1.54) is 6.33 Å². The van der Waals surface area contributed by atoms with E-state index >= 15 is 0 Å². The summed E-state index contributed by atoms with van der Waals surface area (Å²) in [5.74, 6) is 0.559. The molecule has 0 aliphatic rings. The lowest BCUT2D eigenvalue weighted by Gasteiger charge is -2.15. The molecule has 0 saturated carbocycles. The summed E-state index contributed by atoms with van der Waals surface area (Å²) in [6.07, 6.45) is 2.38. The molecule has 0 spiro atoms. The van der Waals surface area contributed by atoms with Crippen LogP contribution in [0.2, 0.25) is 0 Å². The van der Waals surface area contributed by atoms with Gasteiger partial charge in [-0.1, -0.05) is 6.92 Å². The van der Waals surface area contributed by atoms with Crippen molar-refractivity contribution in [1.82, 2.24) is 15.3 Å². The Bertz CT molecular complexity index is 614. The molecule has 1 amide bonds. The van der Waals surface area contributed by atoms with E-state index < -0.39 is 0 Å². The van der Waals surface area contributed by atoms with Crippen molar-refractivity contribution in [3.05, 3.63) is 24.5 Å². The molecule has 1 aromatic heterocycles. The predicted octanol–water partition coefficient (Wildman–Crippen LogP) is 1.54. The maximum absolute atomic E-state index is 11.9. The SMILES string of the molecule is CCCNC(=O)C(C)Nc1ncnc2ccc(N)cc12. The third-order valence-corrected chi connectivity index (χ3v) is 2.96. The normalized spacial score (nSPS) is 12.1. The lowest BCUT2D eigenvalue weighted by atomic mass is 10.2. The lowest BCUT2D eigenvalue weighted by molar-refractivity contribution is -0.121. The highest BCUT2D eigenvalue weighted by molar-refractivity contribution is 5.93. The summed E-state index contributed by atoms with van der Waals surface area (Å²) >= 11 is 0. The quantitative estimate of drug-likeness (QED) is 0.718. The number of anilines is 2. The van der Waals surface area contributed by atoms with Crippen LogP contribution >= 0.6 is 0 Å². The Morgan fingerprint density at radius 2 is 2.20 bits per heavy atom. The number of amides is 1. The Morgan fingerprint density at radius 3 is 2.95 bits per heavy atom. The second-order valence-corrected chi connectivity index (χ2v) is 4.66. The lowest BCUT2D eigenvalue weighted by Crippen LogP contribution is -2.38. The van der Waals surface area contributed by atoms with Gasteiger partial charge in [0.25, 0.3) is 0 Å². The second kappa shape index (κ2) is 6.18. The highest BCUT2D eigenvalue weighted by Crippen LogP contribution is 2.22. The smallest absolute Gasteiger partial charge is 0.242 e. The number of nitrogens with two attached hydrogens (primary N) is 1. The first kappa shape index (κ1) is 14.0. The van der Waals surface area contributed by atoms with E-state index in [1.807, 2.05) is 13.0 Å². The molecule has 1 heterocycles. The standard InChI is InChI=1S/C14H19N5O/c1-3-6-16-14(20)9(2)19-13-11-7-10(15)4-5-12(11)17-8-18-13/h4-5,7-9H,3,6,15H2,1-2H3,(H,16,20)(H,17,18,19). The van der Waals surface area contributed by atoms with Gasteiger partial charge in [-0.15, -0.1) is 0 Å². The van der Waals surface area contributed by atoms with Gasteiger partial charge in [-0.3, -0.25) is 4.79 Å². The van der Waals surface area contributed by atoms with Gasteiger partial charge in [0, 0.05) is 17.6 Å². The van der Waals surface area contributed by atoms with Crippen LogP contribution < -0.4 is 16.4 Å². The van der Waals surface area contributed by atoms with E-state index in [0.29, 0.717) is 18.1 Å². The molecule has 0 aliphatic carbocycles. The van der Waals surface area contributed by atoms with Crippen LogP contribution in [-0.4, -0.2) is 28.5 Å². The molecular formula is C14H19N5O. The molecule has 0 fully saturated rings. The Morgan fingerprint density at radius 1 is 1.40 bits per heavy atom. The summed E-state index contributed by atoms with van der Waals surface area (Å²) < 4.78 is 0. The number of rotatable bonds is 5. The zero-order chi connectivity index (χ0) is 14.5. The number of hydrogen-bond acceptors (Lipinski definition) is 5. The molecule has 1 aromatic carbocycles. The molecule has 6 heteroatoms. The van der Waals surface area contributed by atoms with Crippen molar-refractivity contribution < 1.29 is 4.79 Å². The van der Waals surface area contributed by atoms with Gasteiger partial charge >= 0.3 is 0 Å². The molecule has 1 atom stereocenters. The second-order valence-electron chi connectivity index (χ2n) is 4.66. The molecule has 0 bridgehead atoms. The van der Waals surface area contributed by atoms with E-state index in [2.05, 4.69) is 20.6 Å². The Hall–Kier alpha value is -2.37. The molecule has 20 heavy (non-hydrogen) atoms. The fourth-order valence-electron chi connectivity index (χ4n) is 1.86. The predicted molar refractivity (Wildman–Crippen MR) is 80.3 cm³/mol. The maximum atomic E-state index is 11.9. The number of nitrogens with one attached hydrogen (secondary N) is 2. The highest BCUT2D eigenvalue weighted by Gasteiger charge is 2.14. The van der Waals surface area contributed by atoms with Crippen molar-refractivity contribution in [3.8, 4) is 0 Å². The zero-order valence-corrected chi connectivity index (χ0v) is 11.7. The van der Waals surface area contributed by atoms with Gasteiger partial charge in [-0.2, -0.15) is 0 Å². The van der Waals surface area contributed by atoms with Crippen LogP contribution in [0.5, 0.6) is 0 Å². The molecule has 0 saturated heterocycles. The minimum absolute atomic E-state index is 0.0532. The van der Waals surface area contributed by atoms with Crippen LogP contribution in [-0.2, 0) is 4.79 Å². The Kier molecular flexibility index (Phi) is 4.34. The van der Waals surface area contributed by atoms with E-state index in [1.54, 1.807) is 19.1 Å². The number of nitrogen functional groups attached to an aromatic ring is 1. The van der Waals surface area contributed by atoms with Gasteiger partial charge < -0.3 is 16.4 Å². The Balaban J connectivity index is 2.21. The largest absolute Gasteiger partial charge is 0.399 e. The number of carbonyl (C=O) groups excluding carboxylic acids is 1. The van der Waals surface area contributed by atoms with Crippen LogP contribution in [0, 0.1) is 0 Å². The van der Waals surface area contributed by atoms with E-state index in [-0.39, 0.29) is 11.9 Å². The number of aromatic nitrogens is 2. The van der Waals surface area contributed by atoms with Crippen LogP contribution in [0.15, 0.2) is 24.5 Å². The number of carbonyl (C=O) groups is 1. The number of benzene rings is 1. The monoisotopic (exact) mass is 273 g/mol. The molecule has 1 unspecified atom stereocenters. The number of fused-ring (bicyclic) bond motifs is 1. The molecule has 2 rings (SSSR count). The molecule has 0 aliphatic heterocycles. The zero-order valence-electron chi connectivity index (χ0n) is 11.7. The molecule has 4 N–H and O–H groups in total. The van der Waals surface area contributed by atoms with Gasteiger partial charge in [0.05, 0.1) is 5.52 Å². The van der Waals surface area contributed by atoms with Crippen LogP contribution in [0.25, 0.3) is 10.9 Å². The third kappa shape index (κ3) is 3.14. The van der Waals surface area contributed by atoms with Crippen LogP contribution in [0.4, 0.5) is 11.5 Å². The van der Waals surface area contributed by atoms with Crippen molar-refractivity contribution in [2.75, 3.05) is 17.6 Å². The van der Waals surface area contributed by atoms with E-state index in [4.69, 9.17) is 5.73 Å². The third-order valence-electron chi connectivity index (χ3n) is 2.96. The number of nitrogens with zero attached hydrogens (tertiary/aromatic N) is 2. The topological polar surface area (TPSA) is 92.9 Å². The van der Waals surface area contributed by atoms with Gasteiger partial charge in [-0.05, 0) is 31.5 Å². The van der Waals surface area contributed by atoms with Crippen molar-refractivity contribution in [2.24, 2.45) is 0 Å². The molecule has 106 valence electrons. The van der Waals surface area contributed by atoms with Gasteiger partial charge in [0.15, 0.2) is 0 Å². The molecule has 6 nitrogen and oxygen atoms in total. The van der Waals surface area contributed by atoms with E-state index in [9.17, 15) is 4.79 Å². The fraction of sp³-hybridized carbons (Fsp3) is 0.357. The van der Waals surface area contributed by atoms with E-state index in [0.717, 1.165) is 17.3 Å². The summed E-state index contributed by atoms with van der Waals surface area (Å²) in [6, 6.07) is 5.05. The Labute approximate surface area is 117 Å². The minimum atomic E-state index is -0.374. The average molecular weight is 273 g/mol.